The van der Waals surface area contributed by atoms with Gasteiger partial charge in [-0.2, -0.15) is 0 Å². The SMILES string of the molecule is CC(C)OC(=O)Nc1ccno1. The molecule has 5 nitrogen and oxygen atoms in total. The first-order valence-electron chi connectivity index (χ1n) is 3.57. The number of aromatic nitrogens is 1. The van der Waals surface area contributed by atoms with Crippen LogP contribution in [-0.2, 0) is 4.74 Å². The molecule has 1 heterocycles. The van der Waals surface area contributed by atoms with Gasteiger partial charge in [-0.1, -0.05) is 5.16 Å². The molecule has 1 N–H and O–H groups in total. The topological polar surface area (TPSA) is 64.4 Å². The van der Waals surface area contributed by atoms with Crippen LogP contribution in [0.4, 0.5) is 10.7 Å². The summed E-state index contributed by atoms with van der Waals surface area (Å²) < 4.78 is 9.41. The second-order valence-corrected chi connectivity index (χ2v) is 2.46. The highest BCUT2D eigenvalue weighted by molar-refractivity contribution is 5.82. The van der Waals surface area contributed by atoms with Crippen LogP contribution in [-0.4, -0.2) is 17.4 Å². The lowest BCUT2D eigenvalue weighted by Gasteiger charge is -2.06. The Morgan fingerprint density at radius 3 is 3.00 bits per heavy atom. The molecule has 66 valence electrons. The van der Waals surface area contributed by atoms with Crippen LogP contribution in [0.3, 0.4) is 0 Å². The van der Waals surface area contributed by atoms with Crippen molar-refractivity contribution in [1.82, 2.24) is 5.16 Å². The predicted octanol–water partition coefficient (Wildman–Crippen LogP) is 1.63. The monoisotopic (exact) mass is 170 g/mol. The number of ether oxygens (including phenoxy) is 1. The highest BCUT2D eigenvalue weighted by Crippen LogP contribution is 2.04. The zero-order chi connectivity index (χ0) is 8.97. The van der Waals surface area contributed by atoms with E-state index in [0.717, 1.165) is 0 Å². The Balaban J connectivity index is 2.37. The Labute approximate surface area is 69.7 Å². The maximum absolute atomic E-state index is 10.9. The summed E-state index contributed by atoms with van der Waals surface area (Å²) in [5.41, 5.74) is 0. The summed E-state index contributed by atoms with van der Waals surface area (Å²) in [5.74, 6) is 0.278. The minimum Gasteiger partial charge on any atom is -0.447 e. The summed E-state index contributed by atoms with van der Waals surface area (Å²) in [4.78, 5) is 10.9. The molecule has 0 saturated heterocycles. The zero-order valence-corrected chi connectivity index (χ0v) is 6.90. The average Bonchev–Trinajstić information content (AvgIpc) is 2.37. The van der Waals surface area contributed by atoms with E-state index in [9.17, 15) is 4.79 Å². The van der Waals surface area contributed by atoms with Crippen molar-refractivity contribution >= 4 is 12.0 Å². The lowest BCUT2D eigenvalue weighted by atomic mass is 10.5. The zero-order valence-electron chi connectivity index (χ0n) is 6.90. The van der Waals surface area contributed by atoms with Crippen molar-refractivity contribution in [3.05, 3.63) is 12.3 Å². The van der Waals surface area contributed by atoms with E-state index >= 15 is 0 Å². The first-order chi connectivity index (χ1) is 5.68. The van der Waals surface area contributed by atoms with Gasteiger partial charge in [0.15, 0.2) is 0 Å². The lowest BCUT2D eigenvalue weighted by Crippen LogP contribution is -2.17. The summed E-state index contributed by atoms with van der Waals surface area (Å²) in [6.07, 6.45) is 0.750. The van der Waals surface area contributed by atoms with E-state index in [4.69, 9.17) is 4.74 Å². The summed E-state index contributed by atoms with van der Waals surface area (Å²) >= 11 is 0. The van der Waals surface area contributed by atoms with E-state index in [1.54, 1.807) is 13.8 Å². The average molecular weight is 170 g/mol. The molecule has 0 bridgehead atoms. The van der Waals surface area contributed by atoms with Crippen molar-refractivity contribution in [2.75, 3.05) is 5.32 Å². The lowest BCUT2D eigenvalue weighted by molar-refractivity contribution is 0.129. The number of amides is 1. The number of nitrogens with one attached hydrogen (secondary N) is 1. The molecule has 0 unspecified atom stereocenters. The van der Waals surface area contributed by atoms with Crippen LogP contribution < -0.4 is 5.32 Å². The Morgan fingerprint density at radius 2 is 2.50 bits per heavy atom. The number of carbonyl (C=O) groups excluding carboxylic acids is 1. The normalized spacial score (nSPS) is 9.92. The first-order valence-corrected chi connectivity index (χ1v) is 3.57. The molecule has 1 rings (SSSR count). The van der Waals surface area contributed by atoms with Crippen LogP contribution in [0.1, 0.15) is 13.8 Å². The van der Waals surface area contributed by atoms with Crippen molar-refractivity contribution in [2.24, 2.45) is 0 Å². The van der Waals surface area contributed by atoms with Crippen molar-refractivity contribution in [3.8, 4) is 0 Å². The van der Waals surface area contributed by atoms with E-state index in [-0.39, 0.29) is 12.0 Å². The third kappa shape index (κ3) is 2.61. The molecule has 0 saturated carbocycles. The van der Waals surface area contributed by atoms with Gasteiger partial charge in [0.2, 0.25) is 5.88 Å². The Hall–Kier alpha value is -1.52. The molecule has 12 heavy (non-hydrogen) atoms. The molecule has 0 aromatic carbocycles. The highest BCUT2D eigenvalue weighted by atomic mass is 16.6. The second-order valence-electron chi connectivity index (χ2n) is 2.46. The molecule has 0 spiro atoms. The summed E-state index contributed by atoms with van der Waals surface area (Å²) in [6.45, 7) is 3.53. The van der Waals surface area contributed by atoms with Gasteiger partial charge >= 0.3 is 6.09 Å². The quantitative estimate of drug-likeness (QED) is 0.732. The van der Waals surface area contributed by atoms with Crippen LogP contribution in [0, 0.1) is 0 Å². The Kier molecular flexibility index (Phi) is 2.68. The highest BCUT2D eigenvalue weighted by Gasteiger charge is 2.06. The second kappa shape index (κ2) is 3.75. The van der Waals surface area contributed by atoms with Crippen molar-refractivity contribution in [3.63, 3.8) is 0 Å². The number of hydrogen-bond donors (Lipinski definition) is 1. The summed E-state index contributed by atoms with van der Waals surface area (Å²) in [5, 5.41) is 5.77. The van der Waals surface area contributed by atoms with Crippen LogP contribution in [0.2, 0.25) is 0 Å². The molecule has 5 heteroatoms. The molecule has 1 aromatic rings. The van der Waals surface area contributed by atoms with Crippen LogP contribution in [0.5, 0.6) is 0 Å². The first kappa shape index (κ1) is 8.58. The van der Waals surface area contributed by atoms with Crippen molar-refractivity contribution in [2.45, 2.75) is 20.0 Å². The molecule has 1 amide bonds. The largest absolute Gasteiger partial charge is 0.447 e. The van der Waals surface area contributed by atoms with Crippen LogP contribution in [0.25, 0.3) is 0 Å². The third-order valence-corrected chi connectivity index (χ3v) is 1.01. The van der Waals surface area contributed by atoms with Crippen LogP contribution >= 0.6 is 0 Å². The number of anilines is 1. The maximum atomic E-state index is 10.9. The molecular weight excluding hydrogens is 160 g/mol. The van der Waals surface area contributed by atoms with Crippen molar-refractivity contribution < 1.29 is 14.1 Å². The molecule has 0 aliphatic heterocycles. The van der Waals surface area contributed by atoms with E-state index in [1.165, 1.54) is 12.3 Å². The van der Waals surface area contributed by atoms with Gasteiger partial charge in [-0.15, -0.1) is 0 Å². The third-order valence-electron chi connectivity index (χ3n) is 1.01. The number of rotatable bonds is 2. The fourth-order valence-corrected chi connectivity index (χ4v) is 0.624. The van der Waals surface area contributed by atoms with Gasteiger partial charge in [0, 0.05) is 6.07 Å². The van der Waals surface area contributed by atoms with Crippen LogP contribution in [0.15, 0.2) is 16.8 Å². The van der Waals surface area contributed by atoms with Gasteiger partial charge in [0.25, 0.3) is 0 Å². The van der Waals surface area contributed by atoms with E-state index < -0.39 is 6.09 Å². The molecule has 0 fully saturated rings. The predicted molar refractivity (Wildman–Crippen MR) is 41.7 cm³/mol. The van der Waals surface area contributed by atoms with Gasteiger partial charge < -0.3 is 9.26 Å². The maximum Gasteiger partial charge on any atom is 0.414 e. The Morgan fingerprint density at radius 1 is 1.75 bits per heavy atom. The fraction of sp³-hybridized carbons (Fsp3) is 0.429. The van der Waals surface area contributed by atoms with E-state index in [0.29, 0.717) is 0 Å². The number of nitrogens with zero attached hydrogens (tertiary/aromatic N) is 1. The number of carbonyl (C=O) groups is 1. The molecule has 0 aliphatic rings. The van der Waals surface area contributed by atoms with E-state index in [1.807, 2.05) is 0 Å². The smallest absolute Gasteiger partial charge is 0.414 e. The van der Waals surface area contributed by atoms with Gasteiger partial charge in [-0.25, -0.2) is 4.79 Å². The molecular formula is C7H10N2O3. The molecule has 0 radical (unpaired) electrons. The molecule has 1 aromatic heterocycles. The van der Waals surface area contributed by atoms with Gasteiger partial charge in [0.1, 0.15) is 0 Å². The fourth-order valence-electron chi connectivity index (χ4n) is 0.624. The van der Waals surface area contributed by atoms with Gasteiger partial charge in [0.05, 0.1) is 12.3 Å². The minimum absolute atomic E-state index is 0.145. The number of hydrogen-bond acceptors (Lipinski definition) is 4. The van der Waals surface area contributed by atoms with Gasteiger partial charge in [-0.05, 0) is 13.8 Å². The summed E-state index contributed by atoms with van der Waals surface area (Å²) in [7, 11) is 0. The van der Waals surface area contributed by atoms with Gasteiger partial charge in [-0.3, -0.25) is 5.32 Å². The van der Waals surface area contributed by atoms with Crippen molar-refractivity contribution in [1.29, 1.82) is 0 Å². The standard InChI is InChI=1S/C7H10N2O3/c1-5(2)11-7(10)9-6-3-4-8-12-6/h3-5H,1-2H3,(H,9,10). The minimum atomic E-state index is -0.540. The van der Waals surface area contributed by atoms with E-state index in [2.05, 4.69) is 15.0 Å². The molecule has 0 atom stereocenters. The summed E-state index contributed by atoms with van der Waals surface area (Å²) in [6, 6.07) is 1.53. The Bertz CT molecular complexity index is 243. The molecule has 0 aliphatic carbocycles.